The quantitative estimate of drug-likeness (QED) is 0.0565. The number of thiol groups is 1. The highest BCUT2D eigenvalue weighted by molar-refractivity contribution is 7.80. The lowest BCUT2D eigenvalue weighted by Crippen LogP contribution is -2.58. The summed E-state index contributed by atoms with van der Waals surface area (Å²) < 4.78 is 0. The van der Waals surface area contributed by atoms with E-state index in [1.807, 2.05) is 0 Å². The lowest BCUT2D eigenvalue weighted by molar-refractivity contribution is -0.142. The summed E-state index contributed by atoms with van der Waals surface area (Å²) >= 11 is 4.14. The third kappa shape index (κ3) is 10.2. The van der Waals surface area contributed by atoms with Gasteiger partial charge in [0.15, 0.2) is 5.96 Å². The van der Waals surface area contributed by atoms with Gasteiger partial charge in [0.25, 0.3) is 0 Å². The standard InChI is InChI=1S/C23H35N7O6S/c24-23(25)27-10-2-4-16(22(35)36)28-21(34)18(12-37)30-20(33)17(11-13-5-7-14(31)8-6-13)29-19(32)15-3-1-9-26-15/h5-8,15-18,26,31,37H,1-4,9-12H2,(H,28,34)(H,29,32)(H,30,33)(H,35,36)(H4,24,25,27). The van der Waals surface area contributed by atoms with Crippen molar-refractivity contribution in [3.05, 3.63) is 29.8 Å². The number of carboxylic acids is 1. The highest BCUT2D eigenvalue weighted by Gasteiger charge is 2.31. The molecule has 0 spiro atoms. The zero-order chi connectivity index (χ0) is 27.4. The molecule has 0 aliphatic carbocycles. The number of hydrogen-bond acceptors (Lipinski definition) is 8. The Hall–Kier alpha value is -3.52. The summed E-state index contributed by atoms with van der Waals surface area (Å²) in [6, 6.07) is 2.36. The van der Waals surface area contributed by atoms with Gasteiger partial charge in [0.2, 0.25) is 17.7 Å². The van der Waals surface area contributed by atoms with Crippen molar-refractivity contribution in [3.8, 4) is 5.75 Å². The first-order valence-corrected chi connectivity index (χ1v) is 12.6. The molecule has 1 saturated heterocycles. The number of amides is 3. The number of phenols is 1. The van der Waals surface area contributed by atoms with Gasteiger partial charge in [-0.25, -0.2) is 4.79 Å². The number of benzene rings is 1. The second-order valence-corrected chi connectivity index (χ2v) is 9.04. The van der Waals surface area contributed by atoms with Crippen LogP contribution in [-0.2, 0) is 25.6 Å². The number of aromatic hydroxyl groups is 1. The van der Waals surface area contributed by atoms with Crippen LogP contribution in [0.5, 0.6) is 5.75 Å². The third-order valence-corrected chi connectivity index (χ3v) is 6.13. The summed E-state index contributed by atoms with van der Waals surface area (Å²) in [5, 5.41) is 29.8. The van der Waals surface area contributed by atoms with Crippen molar-refractivity contribution in [1.82, 2.24) is 21.3 Å². The Morgan fingerprint density at radius 2 is 1.70 bits per heavy atom. The third-order valence-electron chi connectivity index (χ3n) is 5.76. The molecule has 13 nitrogen and oxygen atoms in total. The fraction of sp³-hybridized carbons (Fsp3) is 0.522. The zero-order valence-electron chi connectivity index (χ0n) is 20.4. The minimum absolute atomic E-state index is 0.0574. The molecule has 4 atom stereocenters. The Balaban J connectivity index is 2.07. The van der Waals surface area contributed by atoms with Gasteiger partial charge in [-0.1, -0.05) is 12.1 Å². The monoisotopic (exact) mass is 537 g/mol. The second-order valence-electron chi connectivity index (χ2n) is 8.67. The summed E-state index contributed by atoms with van der Waals surface area (Å²) in [7, 11) is 0. The van der Waals surface area contributed by atoms with Gasteiger partial charge in [0, 0.05) is 18.7 Å². The Morgan fingerprint density at radius 3 is 2.27 bits per heavy atom. The van der Waals surface area contributed by atoms with Crippen LogP contribution in [0.4, 0.5) is 0 Å². The van der Waals surface area contributed by atoms with Gasteiger partial charge in [-0.15, -0.1) is 0 Å². The maximum atomic E-state index is 13.2. The van der Waals surface area contributed by atoms with Crippen molar-refractivity contribution in [2.24, 2.45) is 16.5 Å². The van der Waals surface area contributed by atoms with E-state index in [9.17, 15) is 29.4 Å². The Kier molecular flexibility index (Phi) is 12.0. The number of phenolic OH excluding ortho intramolecular Hbond substituents is 1. The van der Waals surface area contributed by atoms with E-state index in [4.69, 9.17) is 11.5 Å². The van der Waals surface area contributed by atoms with Gasteiger partial charge in [-0.3, -0.25) is 19.4 Å². The number of carbonyl (C=O) groups is 4. The summed E-state index contributed by atoms with van der Waals surface area (Å²) in [6.45, 7) is 0.898. The summed E-state index contributed by atoms with van der Waals surface area (Å²) in [5.41, 5.74) is 11.2. The van der Waals surface area contributed by atoms with Crippen molar-refractivity contribution < 1.29 is 29.4 Å². The SMILES string of the molecule is NC(N)=NCCCC(NC(=O)C(CS)NC(=O)C(Cc1ccc(O)cc1)NC(=O)C1CCCN1)C(=O)O. The van der Waals surface area contributed by atoms with Gasteiger partial charge in [0.05, 0.1) is 6.04 Å². The maximum absolute atomic E-state index is 13.2. The molecule has 1 aliphatic heterocycles. The molecular formula is C23H35N7O6S. The van der Waals surface area contributed by atoms with Crippen LogP contribution in [0, 0.1) is 0 Å². The first kappa shape index (κ1) is 29.7. The van der Waals surface area contributed by atoms with Gasteiger partial charge in [-0.2, -0.15) is 12.6 Å². The number of aliphatic carboxylic acids is 1. The molecule has 4 unspecified atom stereocenters. The van der Waals surface area contributed by atoms with Crippen LogP contribution >= 0.6 is 12.6 Å². The number of carbonyl (C=O) groups excluding carboxylic acids is 3. The molecule has 3 amide bonds. The molecule has 1 aromatic rings. The van der Waals surface area contributed by atoms with Gasteiger partial charge in [0.1, 0.15) is 23.9 Å². The number of guanidine groups is 1. The summed E-state index contributed by atoms with van der Waals surface area (Å²) in [4.78, 5) is 54.0. The normalized spacial score (nSPS) is 17.2. The molecule has 204 valence electrons. The second kappa shape index (κ2) is 14.9. The largest absolute Gasteiger partial charge is 0.508 e. The molecule has 14 heteroatoms. The fourth-order valence-corrected chi connectivity index (χ4v) is 4.01. The number of nitrogens with zero attached hydrogens (tertiary/aromatic N) is 1. The molecular weight excluding hydrogens is 502 g/mol. The molecule has 0 bridgehead atoms. The van der Waals surface area contributed by atoms with E-state index >= 15 is 0 Å². The van der Waals surface area contributed by atoms with E-state index in [2.05, 4.69) is 38.9 Å². The lowest BCUT2D eigenvalue weighted by Gasteiger charge is -2.24. The number of hydrogen-bond donors (Lipinski definition) is 9. The Morgan fingerprint density at radius 1 is 1.05 bits per heavy atom. The van der Waals surface area contributed by atoms with Crippen LogP contribution in [0.25, 0.3) is 0 Å². The minimum Gasteiger partial charge on any atom is -0.508 e. The molecule has 10 N–H and O–H groups in total. The van der Waals surface area contributed by atoms with E-state index < -0.39 is 42.0 Å². The van der Waals surface area contributed by atoms with Gasteiger partial charge in [-0.05, 0) is 49.9 Å². The Bertz CT molecular complexity index is 965. The zero-order valence-corrected chi connectivity index (χ0v) is 21.2. The van der Waals surface area contributed by atoms with Crippen molar-refractivity contribution >= 4 is 42.3 Å². The molecule has 1 heterocycles. The number of nitrogens with two attached hydrogens (primary N) is 2. The number of aliphatic imine (C=N–C) groups is 1. The first-order chi connectivity index (χ1) is 17.6. The molecule has 0 aromatic heterocycles. The number of rotatable bonds is 14. The van der Waals surface area contributed by atoms with E-state index in [1.54, 1.807) is 12.1 Å². The predicted octanol–water partition coefficient (Wildman–Crippen LogP) is -1.79. The average Bonchev–Trinajstić information content (AvgIpc) is 3.40. The highest BCUT2D eigenvalue weighted by atomic mass is 32.1. The van der Waals surface area contributed by atoms with Crippen LogP contribution < -0.4 is 32.7 Å². The van der Waals surface area contributed by atoms with Crippen LogP contribution in [-0.4, -0.2) is 82.9 Å². The van der Waals surface area contributed by atoms with E-state index in [0.29, 0.717) is 24.9 Å². The predicted molar refractivity (Wildman–Crippen MR) is 140 cm³/mol. The van der Waals surface area contributed by atoms with Crippen LogP contribution in [0.1, 0.15) is 31.2 Å². The molecule has 0 saturated carbocycles. The van der Waals surface area contributed by atoms with Crippen molar-refractivity contribution in [2.45, 2.75) is 56.3 Å². The highest BCUT2D eigenvalue weighted by Crippen LogP contribution is 2.13. The van der Waals surface area contributed by atoms with E-state index in [1.165, 1.54) is 12.1 Å². The van der Waals surface area contributed by atoms with Crippen LogP contribution in [0.3, 0.4) is 0 Å². The molecule has 1 aromatic carbocycles. The van der Waals surface area contributed by atoms with Crippen LogP contribution in [0.2, 0.25) is 0 Å². The molecule has 1 fully saturated rings. The van der Waals surface area contributed by atoms with Gasteiger partial charge < -0.3 is 42.9 Å². The van der Waals surface area contributed by atoms with Crippen LogP contribution in [0.15, 0.2) is 29.3 Å². The van der Waals surface area contributed by atoms with Crippen molar-refractivity contribution in [3.63, 3.8) is 0 Å². The molecule has 1 aliphatic rings. The fourth-order valence-electron chi connectivity index (χ4n) is 3.76. The summed E-state index contributed by atoms with van der Waals surface area (Å²) in [5.74, 6) is -3.12. The number of nitrogens with one attached hydrogen (secondary N) is 4. The molecule has 2 rings (SSSR count). The molecule has 0 radical (unpaired) electrons. The lowest BCUT2D eigenvalue weighted by atomic mass is 10.0. The molecule has 37 heavy (non-hydrogen) atoms. The topological polar surface area (TPSA) is 221 Å². The smallest absolute Gasteiger partial charge is 0.326 e. The van der Waals surface area contributed by atoms with Gasteiger partial charge >= 0.3 is 5.97 Å². The van der Waals surface area contributed by atoms with Crippen molar-refractivity contribution in [2.75, 3.05) is 18.8 Å². The minimum atomic E-state index is -1.25. The van der Waals surface area contributed by atoms with E-state index in [0.717, 1.165) is 6.42 Å². The number of carboxylic acid groups (broad SMARTS) is 1. The van der Waals surface area contributed by atoms with Crippen molar-refractivity contribution in [1.29, 1.82) is 0 Å². The summed E-state index contributed by atoms with van der Waals surface area (Å²) in [6.07, 6.45) is 1.96. The average molecular weight is 538 g/mol. The Labute approximate surface area is 220 Å². The maximum Gasteiger partial charge on any atom is 0.326 e. The van der Waals surface area contributed by atoms with E-state index in [-0.39, 0.29) is 42.8 Å². The first-order valence-electron chi connectivity index (χ1n) is 11.9.